The third-order valence-electron chi connectivity index (χ3n) is 6.37. The lowest BCUT2D eigenvalue weighted by Crippen LogP contribution is -2.50. The van der Waals surface area contributed by atoms with Gasteiger partial charge in [0, 0.05) is 37.1 Å². The molecule has 4 rings (SSSR count). The van der Waals surface area contributed by atoms with Gasteiger partial charge in [-0.1, -0.05) is 18.2 Å². The number of fused-ring (bicyclic) bond motifs is 2. The summed E-state index contributed by atoms with van der Waals surface area (Å²) in [6.45, 7) is 1.72. The van der Waals surface area contributed by atoms with E-state index in [1.807, 2.05) is 35.2 Å². The highest BCUT2D eigenvalue weighted by Gasteiger charge is 2.35. The monoisotopic (exact) mass is 385 g/mol. The zero-order chi connectivity index (χ0) is 19.3. The predicted octanol–water partition coefficient (Wildman–Crippen LogP) is 2.09. The van der Waals surface area contributed by atoms with E-state index < -0.39 is 0 Å². The van der Waals surface area contributed by atoms with E-state index >= 15 is 0 Å². The van der Waals surface area contributed by atoms with Crippen LogP contribution in [0.25, 0.3) is 0 Å². The van der Waals surface area contributed by atoms with Crippen molar-refractivity contribution in [3.8, 4) is 5.75 Å². The van der Waals surface area contributed by atoms with Crippen LogP contribution < -0.4 is 15.4 Å². The average Bonchev–Trinajstić information content (AvgIpc) is 3.07. The fraction of sp³-hybridized carbons (Fsp3) is 0.636. The molecule has 2 N–H and O–H groups in total. The predicted molar refractivity (Wildman–Crippen MR) is 107 cm³/mol. The SMILES string of the molecule is O=C(NC1CC2CCC(C1)N2)C1CCN(C(=O)CCOc2ccccc2)CC1. The van der Waals surface area contributed by atoms with Crippen molar-refractivity contribution < 1.29 is 14.3 Å². The summed E-state index contributed by atoms with van der Waals surface area (Å²) in [5, 5.41) is 6.90. The second kappa shape index (κ2) is 8.95. The number of hydrogen-bond donors (Lipinski definition) is 2. The van der Waals surface area contributed by atoms with Gasteiger partial charge in [-0.3, -0.25) is 9.59 Å². The van der Waals surface area contributed by atoms with Crippen LogP contribution in [0.5, 0.6) is 5.75 Å². The molecule has 0 spiro atoms. The third kappa shape index (κ3) is 4.85. The molecule has 6 nitrogen and oxygen atoms in total. The molecule has 3 fully saturated rings. The molecule has 1 aromatic rings. The Kier molecular flexibility index (Phi) is 6.15. The fourth-order valence-corrected chi connectivity index (χ4v) is 4.82. The molecule has 2 amide bonds. The van der Waals surface area contributed by atoms with Crippen molar-refractivity contribution in [3.05, 3.63) is 30.3 Å². The van der Waals surface area contributed by atoms with Gasteiger partial charge in [-0.25, -0.2) is 0 Å². The van der Waals surface area contributed by atoms with E-state index in [1.165, 1.54) is 12.8 Å². The Morgan fingerprint density at radius 3 is 2.39 bits per heavy atom. The number of nitrogens with one attached hydrogen (secondary N) is 2. The van der Waals surface area contributed by atoms with E-state index in [4.69, 9.17) is 4.74 Å². The second-order valence-corrected chi connectivity index (χ2v) is 8.38. The lowest BCUT2D eigenvalue weighted by molar-refractivity contribution is -0.136. The number of piperidine rings is 2. The quantitative estimate of drug-likeness (QED) is 0.787. The second-order valence-electron chi connectivity index (χ2n) is 8.38. The summed E-state index contributed by atoms with van der Waals surface area (Å²) in [5.74, 6) is 1.13. The zero-order valence-electron chi connectivity index (χ0n) is 16.4. The van der Waals surface area contributed by atoms with Gasteiger partial charge in [-0.15, -0.1) is 0 Å². The van der Waals surface area contributed by atoms with Crippen molar-refractivity contribution in [2.45, 2.75) is 63.1 Å². The van der Waals surface area contributed by atoms with Crippen LogP contribution in [-0.4, -0.2) is 54.5 Å². The molecule has 0 aromatic heterocycles. The first-order valence-corrected chi connectivity index (χ1v) is 10.7. The zero-order valence-corrected chi connectivity index (χ0v) is 16.4. The number of nitrogens with zero attached hydrogens (tertiary/aromatic N) is 1. The Hall–Kier alpha value is -2.08. The van der Waals surface area contributed by atoms with Crippen LogP contribution in [0.4, 0.5) is 0 Å². The van der Waals surface area contributed by atoms with Crippen LogP contribution in [0.15, 0.2) is 30.3 Å². The van der Waals surface area contributed by atoms with Crippen LogP contribution in [0, 0.1) is 5.92 Å². The smallest absolute Gasteiger partial charge is 0.225 e. The highest BCUT2D eigenvalue weighted by Crippen LogP contribution is 2.27. The van der Waals surface area contributed by atoms with Gasteiger partial charge in [-0.2, -0.15) is 0 Å². The van der Waals surface area contributed by atoms with Gasteiger partial charge < -0.3 is 20.3 Å². The van der Waals surface area contributed by atoms with Crippen molar-refractivity contribution in [2.24, 2.45) is 5.92 Å². The first-order valence-electron chi connectivity index (χ1n) is 10.7. The topological polar surface area (TPSA) is 70.7 Å². The van der Waals surface area contributed by atoms with Crippen LogP contribution in [0.1, 0.15) is 44.9 Å². The number of benzene rings is 1. The maximum absolute atomic E-state index is 12.7. The highest BCUT2D eigenvalue weighted by atomic mass is 16.5. The van der Waals surface area contributed by atoms with Gasteiger partial charge in [0.1, 0.15) is 5.75 Å². The molecule has 3 aliphatic heterocycles. The summed E-state index contributed by atoms with van der Waals surface area (Å²) < 4.78 is 5.62. The first-order chi connectivity index (χ1) is 13.7. The standard InChI is InChI=1S/C22H31N3O3/c26-21(10-13-28-20-4-2-1-3-5-20)25-11-8-16(9-12-25)22(27)24-19-14-17-6-7-18(15-19)23-17/h1-5,16-19,23H,6-15H2,(H,24,27). The van der Waals surface area contributed by atoms with Crippen LogP contribution >= 0.6 is 0 Å². The van der Waals surface area contributed by atoms with Crippen LogP contribution in [0.2, 0.25) is 0 Å². The number of amides is 2. The molecular formula is C22H31N3O3. The Balaban J connectivity index is 1.15. The Morgan fingerprint density at radius 1 is 1.04 bits per heavy atom. The van der Waals surface area contributed by atoms with Crippen molar-refractivity contribution >= 4 is 11.8 Å². The van der Waals surface area contributed by atoms with Crippen molar-refractivity contribution in [2.75, 3.05) is 19.7 Å². The Bertz CT molecular complexity index is 661. The molecule has 3 aliphatic rings. The molecule has 2 unspecified atom stereocenters. The molecule has 3 heterocycles. The van der Waals surface area contributed by atoms with E-state index in [1.54, 1.807) is 0 Å². The summed E-state index contributed by atoms with van der Waals surface area (Å²) in [5.41, 5.74) is 0. The number of hydrogen-bond acceptors (Lipinski definition) is 4. The molecule has 2 atom stereocenters. The summed E-state index contributed by atoms with van der Waals surface area (Å²) >= 11 is 0. The van der Waals surface area contributed by atoms with Crippen LogP contribution in [0.3, 0.4) is 0 Å². The lowest BCUT2D eigenvalue weighted by atomic mass is 9.93. The number of para-hydroxylation sites is 1. The third-order valence-corrected chi connectivity index (χ3v) is 6.37. The van der Waals surface area contributed by atoms with E-state index in [0.717, 1.165) is 31.4 Å². The Labute approximate surface area is 167 Å². The van der Waals surface area contributed by atoms with Gasteiger partial charge in [0.05, 0.1) is 13.0 Å². The maximum atomic E-state index is 12.7. The van der Waals surface area contributed by atoms with Gasteiger partial charge in [0.15, 0.2) is 0 Å². The minimum Gasteiger partial charge on any atom is -0.493 e. The van der Waals surface area contributed by atoms with Gasteiger partial charge in [0.25, 0.3) is 0 Å². The molecule has 0 saturated carbocycles. The van der Waals surface area contributed by atoms with E-state index in [-0.39, 0.29) is 17.7 Å². The number of carbonyl (C=O) groups excluding carboxylic acids is 2. The van der Waals surface area contributed by atoms with Gasteiger partial charge >= 0.3 is 0 Å². The first kappa shape index (κ1) is 19.2. The number of rotatable bonds is 6. The number of likely N-dealkylation sites (tertiary alicyclic amines) is 1. The Morgan fingerprint density at radius 2 is 1.71 bits per heavy atom. The average molecular weight is 386 g/mol. The molecule has 28 heavy (non-hydrogen) atoms. The van der Waals surface area contributed by atoms with Crippen molar-refractivity contribution in [3.63, 3.8) is 0 Å². The number of ether oxygens (including phenoxy) is 1. The summed E-state index contributed by atoms with van der Waals surface area (Å²) in [4.78, 5) is 26.9. The van der Waals surface area contributed by atoms with Gasteiger partial charge in [-0.05, 0) is 50.7 Å². The molecule has 2 bridgehead atoms. The summed E-state index contributed by atoms with van der Waals surface area (Å²) in [6.07, 6.45) is 6.49. The minimum absolute atomic E-state index is 0.0390. The van der Waals surface area contributed by atoms with Crippen molar-refractivity contribution in [1.29, 1.82) is 0 Å². The normalized spacial score (nSPS) is 27.4. The molecule has 3 saturated heterocycles. The molecular weight excluding hydrogens is 354 g/mol. The highest BCUT2D eigenvalue weighted by molar-refractivity contribution is 5.80. The number of carbonyl (C=O) groups is 2. The lowest BCUT2D eigenvalue weighted by Gasteiger charge is -2.34. The van der Waals surface area contributed by atoms with E-state index in [9.17, 15) is 9.59 Å². The van der Waals surface area contributed by atoms with Crippen molar-refractivity contribution in [1.82, 2.24) is 15.5 Å². The molecule has 6 heteroatoms. The molecule has 1 aromatic carbocycles. The van der Waals surface area contributed by atoms with E-state index in [0.29, 0.717) is 44.2 Å². The summed E-state index contributed by atoms with van der Waals surface area (Å²) in [6, 6.07) is 11.0. The van der Waals surface area contributed by atoms with E-state index in [2.05, 4.69) is 10.6 Å². The molecule has 0 aliphatic carbocycles. The van der Waals surface area contributed by atoms with Gasteiger partial charge in [0.2, 0.25) is 11.8 Å². The molecule has 0 radical (unpaired) electrons. The fourth-order valence-electron chi connectivity index (χ4n) is 4.82. The molecule has 152 valence electrons. The van der Waals surface area contributed by atoms with Crippen LogP contribution in [-0.2, 0) is 9.59 Å². The maximum Gasteiger partial charge on any atom is 0.225 e. The summed E-state index contributed by atoms with van der Waals surface area (Å²) in [7, 11) is 0. The largest absolute Gasteiger partial charge is 0.493 e. The minimum atomic E-state index is 0.0390.